The minimum Gasteiger partial charge on any atom is -0.493 e. The zero-order chi connectivity index (χ0) is 26.1. The molecule has 1 aliphatic heterocycles. The number of piperidine rings is 1. The van der Waals surface area contributed by atoms with Crippen molar-refractivity contribution >= 4 is 40.0 Å². The smallest absolute Gasteiger partial charge is 0.256 e. The summed E-state index contributed by atoms with van der Waals surface area (Å²) in [5, 5.41) is 3.19. The lowest BCUT2D eigenvalue weighted by Gasteiger charge is -2.32. The van der Waals surface area contributed by atoms with Crippen molar-refractivity contribution in [3.8, 4) is 5.75 Å². The van der Waals surface area contributed by atoms with Crippen LogP contribution >= 0.6 is 23.2 Å². The third-order valence-corrected chi connectivity index (χ3v) is 7.56. The molecule has 0 radical (unpaired) electrons. The van der Waals surface area contributed by atoms with Crippen molar-refractivity contribution in [2.24, 2.45) is 0 Å². The molecule has 1 saturated carbocycles. The SMILES string of the molecule is O=C(NC1CCN(CCCOc2ccc(Cl)c(F)c2)CC1)c1cn(C2CC2)c2cc(Cl)c(F)cc2c1=O. The Labute approximate surface area is 223 Å². The summed E-state index contributed by atoms with van der Waals surface area (Å²) in [7, 11) is 0. The predicted octanol–water partition coefficient (Wildman–Crippen LogP) is 5.58. The fraction of sp³-hybridized carbons (Fsp3) is 0.407. The van der Waals surface area contributed by atoms with E-state index in [1.54, 1.807) is 12.3 Å². The molecule has 10 heteroatoms. The van der Waals surface area contributed by atoms with Crippen LogP contribution < -0.4 is 15.5 Å². The van der Waals surface area contributed by atoms with Crippen LogP contribution in [0.3, 0.4) is 0 Å². The average Bonchev–Trinajstić information content (AvgIpc) is 3.72. The fourth-order valence-corrected chi connectivity index (χ4v) is 5.05. The number of carbonyl (C=O) groups is 1. The van der Waals surface area contributed by atoms with Crippen molar-refractivity contribution in [3.05, 3.63) is 74.0 Å². The molecule has 3 aromatic rings. The Morgan fingerprint density at radius 3 is 2.46 bits per heavy atom. The second-order valence-electron chi connectivity index (χ2n) is 9.66. The van der Waals surface area contributed by atoms with Crippen molar-refractivity contribution in [1.82, 2.24) is 14.8 Å². The van der Waals surface area contributed by atoms with Gasteiger partial charge in [0.2, 0.25) is 5.43 Å². The first kappa shape index (κ1) is 25.9. The lowest BCUT2D eigenvalue weighted by Crippen LogP contribution is -2.45. The first-order valence-electron chi connectivity index (χ1n) is 12.4. The maximum atomic E-state index is 14.1. The van der Waals surface area contributed by atoms with Crippen LogP contribution in [-0.4, -0.2) is 47.7 Å². The highest BCUT2D eigenvalue weighted by molar-refractivity contribution is 6.31. The van der Waals surface area contributed by atoms with Gasteiger partial charge < -0.3 is 19.5 Å². The van der Waals surface area contributed by atoms with Crippen LogP contribution in [0, 0.1) is 11.6 Å². The summed E-state index contributed by atoms with van der Waals surface area (Å²) in [6.07, 6.45) is 5.75. The van der Waals surface area contributed by atoms with Gasteiger partial charge in [0.1, 0.15) is 22.9 Å². The molecule has 1 N–H and O–H groups in total. The van der Waals surface area contributed by atoms with Crippen LogP contribution in [0.2, 0.25) is 10.0 Å². The Bertz CT molecular complexity index is 1390. The van der Waals surface area contributed by atoms with Crippen molar-refractivity contribution < 1.29 is 18.3 Å². The molecule has 2 heterocycles. The fourth-order valence-electron chi connectivity index (χ4n) is 4.77. The molecule has 2 aromatic carbocycles. The number of pyridine rings is 1. The van der Waals surface area contributed by atoms with Crippen LogP contribution in [0.1, 0.15) is 48.5 Å². The molecule has 0 unspecified atom stereocenters. The first-order chi connectivity index (χ1) is 17.8. The summed E-state index contributed by atoms with van der Waals surface area (Å²) in [5.41, 5.74) is 0.0891. The van der Waals surface area contributed by atoms with Gasteiger partial charge in [-0.1, -0.05) is 23.2 Å². The number of nitrogens with one attached hydrogen (secondary N) is 1. The van der Waals surface area contributed by atoms with Gasteiger partial charge in [-0.25, -0.2) is 8.78 Å². The van der Waals surface area contributed by atoms with Crippen molar-refractivity contribution in [3.63, 3.8) is 0 Å². The number of amides is 1. The molecule has 0 spiro atoms. The normalized spacial score (nSPS) is 16.8. The first-order valence-corrected chi connectivity index (χ1v) is 13.2. The zero-order valence-electron chi connectivity index (χ0n) is 20.1. The largest absolute Gasteiger partial charge is 0.493 e. The van der Waals surface area contributed by atoms with Crippen LogP contribution in [0.25, 0.3) is 10.9 Å². The number of ether oxygens (including phenoxy) is 1. The molecule has 5 rings (SSSR count). The Morgan fingerprint density at radius 2 is 1.76 bits per heavy atom. The van der Waals surface area contributed by atoms with E-state index in [1.165, 1.54) is 18.2 Å². The van der Waals surface area contributed by atoms with E-state index in [9.17, 15) is 18.4 Å². The highest BCUT2D eigenvalue weighted by atomic mass is 35.5. The van der Waals surface area contributed by atoms with Crippen LogP contribution in [0.4, 0.5) is 8.78 Å². The highest BCUT2D eigenvalue weighted by Gasteiger charge is 2.28. The topological polar surface area (TPSA) is 63.6 Å². The predicted molar refractivity (Wildman–Crippen MR) is 140 cm³/mol. The zero-order valence-corrected chi connectivity index (χ0v) is 21.6. The summed E-state index contributed by atoms with van der Waals surface area (Å²) >= 11 is 11.6. The van der Waals surface area contributed by atoms with Crippen molar-refractivity contribution in [2.75, 3.05) is 26.2 Å². The summed E-state index contributed by atoms with van der Waals surface area (Å²) in [5.74, 6) is -1.17. The number of carbonyl (C=O) groups excluding carboxylic acids is 1. The molecular formula is C27H27Cl2F2N3O3. The minimum absolute atomic E-state index is 0.0272. The molecule has 6 nitrogen and oxygen atoms in total. The third kappa shape index (κ3) is 5.92. The summed E-state index contributed by atoms with van der Waals surface area (Å²) < 4.78 is 35.1. The number of likely N-dealkylation sites (tertiary alicyclic amines) is 1. The molecule has 2 fully saturated rings. The van der Waals surface area contributed by atoms with E-state index in [4.69, 9.17) is 27.9 Å². The summed E-state index contributed by atoms with van der Waals surface area (Å²) in [6.45, 7) is 2.88. The molecule has 1 amide bonds. The van der Waals surface area contributed by atoms with E-state index in [0.717, 1.165) is 57.8 Å². The van der Waals surface area contributed by atoms with E-state index in [-0.39, 0.29) is 33.1 Å². The van der Waals surface area contributed by atoms with E-state index in [2.05, 4.69) is 10.2 Å². The number of hydrogen-bond donors (Lipinski definition) is 1. The number of rotatable bonds is 8. The van der Waals surface area contributed by atoms with E-state index >= 15 is 0 Å². The number of nitrogens with zero attached hydrogens (tertiary/aromatic N) is 2. The lowest BCUT2D eigenvalue weighted by atomic mass is 10.0. The van der Waals surface area contributed by atoms with Gasteiger partial charge in [0, 0.05) is 49.4 Å². The third-order valence-electron chi connectivity index (χ3n) is 6.96. The van der Waals surface area contributed by atoms with Gasteiger partial charge in [-0.15, -0.1) is 0 Å². The van der Waals surface area contributed by atoms with Gasteiger partial charge in [-0.3, -0.25) is 9.59 Å². The maximum absolute atomic E-state index is 14.1. The molecule has 1 saturated heterocycles. The van der Waals surface area contributed by atoms with E-state index < -0.39 is 23.0 Å². The van der Waals surface area contributed by atoms with Gasteiger partial charge in [0.25, 0.3) is 5.91 Å². The molecule has 37 heavy (non-hydrogen) atoms. The summed E-state index contributed by atoms with van der Waals surface area (Å²) in [4.78, 5) is 28.5. The number of aromatic nitrogens is 1. The number of fused-ring (bicyclic) bond motifs is 1. The highest BCUT2D eigenvalue weighted by Crippen LogP contribution is 2.37. The van der Waals surface area contributed by atoms with Crippen molar-refractivity contribution in [1.29, 1.82) is 0 Å². The van der Waals surface area contributed by atoms with Crippen LogP contribution in [-0.2, 0) is 0 Å². The Kier molecular flexibility index (Phi) is 7.70. The number of halogens is 4. The average molecular weight is 550 g/mol. The number of hydrogen-bond acceptors (Lipinski definition) is 4. The minimum atomic E-state index is -0.677. The molecule has 0 bridgehead atoms. The Balaban J connectivity index is 1.15. The molecular weight excluding hydrogens is 523 g/mol. The van der Waals surface area contributed by atoms with Gasteiger partial charge in [0.15, 0.2) is 0 Å². The Hall–Kier alpha value is -2.68. The lowest BCUT2D eigenvalue weighted by molar-refractivity contribution is 0.0908. The number of benzene rings is 2. The van der Waals surface area contributed by atoms with Crippen LogP contribution in [0.5, 0.6) is 5.75 Å². The molecule has 0 atom stereocenters. The van der Waals surface area contributed by atoms with Gasteiger partial charge in [-0.05, 0) is 56.4 Å². The second kappa shape index (κ2) is 11.0. The monoisotopic (exact) mass is 549 g/mol. The molecule has 1 aromatic heterocycles. The van der Waals surface area contributed by atoms with Crippen molar-refractivity contribution in [2.45, 2.75) is 44.2 Å². The van der Waals surface area contributed by atoms with Gasteiger partial charge in [-0.2, -0.15) is 0 Å². The second-order valence-corrected chi connectivity index (χ2v) is 10.5. The van der Waals surface area contributed by atoms with E-state index in [1.807, 2.05) is 4.57 Å². The Morgan fingerprint density at radius 1 is 1.03 bits per heavy atom. The quantitative estimate of drug-likeness (QED) is 0.372. The molecule has 2 aliphatic rings. The van der Waals surface area contributed by atoms with Crippen LogP contribution in [0.15, 0.2) is 41.3 Å². The van der Waals surface area contributed by atoms with Gasteiger partial charge in [0.05, 0.1) is 22.2 Å². The maximum Gasteiger partial charge on any atom is 0.256 e. The molecule has 196 valence electrons. The summed E-state index contributed by atoms with van der Waals surface area (Å²) in [6, 6.07) is 7.10. The molecule has 1 aliphatic carbocycles. The van der Waals surface area contributed by atoms with Gasteiger partial charge >= 0.3 is 0 Å². The standard InChI is InChI=1S/C27H27Cl2F2N3O3/c28-21-5-4-18(12-23(21)30)37-11-1-8-33-9-6-16(7-10-33)32-27(36)20-15-34(17-2-3-17)25-14-22(29)24(31)13-19(25)26(20)35/h4-5,12-17H,1-3,6-11H2,(H,32,36). The van der Waals surface area contributed by atoms with E-state index in [0.29, 0.717) is 17.9 Å².